The molecule has 0 saturated carbocycles. The number of rotatable bonds is 7. The summed E-state index contributed by atoms with van der Waals surface area (Å²) in [4.78, 5) is 46.6. The van der Waals surface area contributed by atoms with Crippen molar-refractivity contribution in [3.63, 3.8) is 0 Å². The van der Waals surface area contributed by atoms with Crippen LogP contribution in [0, 0.1) is 10.1 Å². The fourth-order valence-electron chi connectivity index (χ4n) is 3.95. The molecule has 1 saturated heterocycles. The fourth-order valence-corrected chi connectivity index (χ4v) is 3.95. The average Bonchev–Trinajstić information content (AvgIpc) is 3.07. The standard InChI is InChI=1S/C22H23N5O5/c1-32-15-14-26-21(28)19(16-5-7-17(8-6-16)27(30)31)20(22(26)29)25-12-10-24(11-13-25)18-4-2-3-9-23-18/h2-9H,10-15H2,1H3. The van der Waals surface area contributed by atoms with Crippen molar-refractivity contribution < 1.29 is 19.2 Å². The lowest BCUT2D eigenvalue weighted by atomic mass is 10.0. The van der Waals surface area contributed by atoms with Gasteiger partial charge in [-0.15, -0.1) is 0 Å². The Hall–Kier alpha value is -3.79. The zero-order chi connectivity index (χ0) is 22.7. The molecular formula is C22H23N5O5. The van der Waals surface area contributed by atoms with E-state index >= 15 is 0 Å². The SMILES string of the molecule is COCCN1C(=O)C(c2ccc([N+](=O)[O-])cc2)=C(N2CCN(c3ccccn3)CC2)C1=O. The van der Waals surface area contributed by atoms with Crippen LogP contribution in [0.1, 0.15) is 5.56 Å². The summed E-state index contributed by atoms with van der Waals surface area (Å²) in [6.45, 7) is 2.74. The number of aromatic nitrogens is 1. The number of hydrogen-bond donors (Lipinski definition) is 0. The molecule has 0 spiro atoms. The second-order valence-corrected chi connectivity index (χ2v) is 7.44. The summed E-state index contributed by atoms with van der Waals surface area (Å²) >= 11 is 0. The van der Waals surface area contributed by atoms with Gasteiger partial charge in [0.1, 0.15) is 11.5 Å². The monoisotopic (exact) mass is 437 g/mol. The van der Waals surface area contributed by atoms with Gasteiger partial charge in [0.2, 0.25) is 0 Å². The number of ether oxygens (including phenoxy) is 1. The molecule has 2 amide bonds. The number of imide groups is 1. The maximum atomic E-state index is 13.2. The highest BCUT2D eigenvalue weighted by Crippen LogP contribution is 2.33. The van der Waals surface area contributed by atoms with E-state index < -0.39 is 10.8 Å². The smallest absolute Gasteiger partial charge is 0.277 e. The minimum atomic E-state index is -0.498. The number of benzene rings is 1. The number of amides is 2. The lowest BCUT2D eigenvalue weighted by Gasteiger charge is -2.37. The van der Waals surface area contributed by atoms with Crippen LogP contribution in [0.2, 0.25) is 0 Å². The molecule has 2 aliphatic heterocycles. The number of pyridine rings is 1. The van der Waals surface area contributed by atoms with Gasteiger partial charge in [0, 0.05) is 51.6 Å². The quantitative estimate of drug-likeness (QED) is 0.365. The molecule has 3 heterocycles. The van der Waals surface area contributed by atoms with Gasteiger partial charge in [-0.2, -0.15) is 0 Å². The minimum absolute atomic E-state index is 0.0760. The average molecular weight is 437 g/mol. The van der Waals surface area contributed by atoms with Crippen LogP contribution in [-0.4, -0.2) is 78.0 Å². The highest BCUT2D eigenvalue weighted by atomic mass is 16.6. The maximum Gasteiger partial charge on any atom is 0.277 e. The number of non-ortho nitro benzene ring substituents is 1. The van der Waals surface area contributed by atoms with Crippen LogP contribution >= 0.6 is 0 Å². The molecule has 1 aromatic carbocycles. The predicted octanol–water partition coefficient (Wildman–Crippen LogP) is 1.54. The molecule has 10 nitrogen and oxygen atoms in total. The van der Waals surface area contributed by atoms with Crippen LogP contribution in [0.3, 0.4) is 0 Å². The van der Waals surface area contributed by atoms with Crippen molar-refractivity contribution >= 4 is 28.9 Å². The lowest BCUT2D eigenvalue weighted by molar-refractivity contribution is -0.384. The van der Waals surface area contributed by atoms with E-state index in [-0.39, 0.29) is 30.3 Å². The second kappa shape index (κ2) is 9.15. The number of hydrogen-bond acceptors (Lipinski definition) is 8. The van der Waals surface area contributed by atoms with Gasteiger partial charge in [0.05, 0.1) is 23.6 Å². The highest BCUT2D eigenvalue weighted by molar-refractivity contribution is 6.35. The van der Waals surface area contributed by atoms with E-state index in [0.717, 1.165) is 5.82 Å². The molecule has 0 radical (unpaired) electrons. The summed E-state index contributed by atoms with van der Waals surface area (Å²) in [6, 6.07) is 11.4. The Balaban J connectivity index is 1.64. The van der Waals surface area contributed by atoms with E-state index in [0.29, 0.717) is 37.4 Å². The van der Waals surface area contributed by atoms with E-state index in [9.17, 15) is 19.7 Å². The van der Waals surface area contributed by atoms with Gasteiger partial charge in [-0.25, -0.2) is 4.98 Å². The minimum Gasteiger partial charge on any atom is -0.383 e. The number of carbonyl (C=O) groups excluding carboxylic acids is 2. The third kappa shape index (κ3) is 4.04. The zero-order valence-corrected chi connectivity index (χ0v) is 17.6. The summed E-state index contributed by atoms with van der Waals surface area (Å²) in [6.07, 6.45) is 1.74. The first-order valence-electron chi connectivity index (χ1n) is 10.3. The van der Waals surface area contributed by atoms with Crippen LogP contribution < -0.4 is 4.90 Å². The third-order valence-electron chi connectivity index (χ3n) is 5.60. The summed E-state index contributed by atoms with van der Waals surface area (Å²) in [7, 11) is 1.51. The first kappa shape index (κ1) is 21.4. The number of carbonyl (C=O) groups is 2. The summed E-state index contributed by atoms with van der Waals surface area (Å²) < 4.78 is 5.06. The van der Waals surface area contributed by atoms with Crippen molar-refractivity contribution in [3.8, 4) is 0 Å². The van der Waals surface area contributed by atoms with Crippen molar-refractivity contribution in [3.05, 3.63) is 70.0 Å². The van der Waals surface area contributed by atoms with Crippen LogP contribution in [-0.2, 0) is 14.3 Å². The molecule has 166 valence electrons. The van der Waals surface area contributed by atoms with Gasteiger partial charge < -0.3 is 14.5 Å². The Labute approximate surface area is 184 Å². The number of nitro benzene ring substituents is 1. The number of methoxy groups -OCH3 is 1. The van der Waals surface area contributed by atoms with Gasteiger partial charge in [-0.3, -0.25) is 24.6 Å². The molecular weight excluding hydrogens is 414 g/mol. The molecule has 2 aromatic rings. The summed E-state index contributed by atoms with van der Waals surface area (Å²) in [5, 5.41) is 11.0. The Morgan fingerprint density at radius 1 is 1.00 bits per heavy atom. The number of nitrogens with zero attached hydrogens (tertiary/aromatic N) is 5. The van der Waals surface area contributed by atoms with Gasteiger partial charge in [0.25, 0.3) is 17.5 Å². The lowest BCUT2D eigenvalue weighted by Crippen LogP contribution is -2.48. The Morgan fingerprint density at radius 2 is 1.69 bits per heavy atom. The Bertz CT molecular complexity index is 1050. The van der Waals surface area contributed by atoms with Crippen LogP contribution in [0.25, 0.3) is 5.57 Å². The largest absolute Gasteiger partial charge is 0.383 e. The number of anilines is 1. The van der Waals surface area contributed by atoms with Crippen molar-refractivity contribution in [2.75, 3.05) is 51.3 Å². The Kier molecular flexibility index (Phi) is 6.13. The fraction of sp³-hybridized carbons (Fsp3) is 0.318. The molecule has 1 fully saturated rings. The zero-order valence-electron chi connectivity index (χ0n) is 17.6. The maximum absolute atomic E-state index is 13.2. The number of piperazine rings is 1. The summed E-state index contributed by atoms with van der Waals surface area (Å²) in [5.74, 6) is 0.0852. The van der Waals surface area contributed by atoms with E-state index in [1.807, 2.05) is 23.1 Å². The van der Waals surface area contributed by atoms with Gasteiger partial charge in [0.15, 0.2) is 0 Å². The van der Waals surface area contributed by atoms with E-state index in [1.165, 1.54) is 36.3 Å². The second-order valence-electron chi connectivity index (χ2n) is 7.44. The van der Waals surface area contributed by atoms with Crippen LogP contribution in [0.15, 0.2) is 54.4 Å². The van der Waals surface area contributed by atoms with Crippen molar-refractivity contribution in [2.45, 2.75) is 0 Å². The van der Waals surface area contributed by atoms with Crippen molar-refractivity contribution in [2.24, 2.45) is 0 Å². The molecule has 0 unspecified atom stereocenters. The number of nitro groups is 1. The topological polar surface area (TPSA) is 109 Å². The van der Waals surface area contributed by atoms with Gasteiger partial charge >= 0.3 is 0 Å². The van der Waals surface area contributed by atoms with E-state index in [1.54, 1.807) is 6.20 Å². The molecule has 0 atom stereocenters. The van der Waals surface area contributed by atoms with E-state index in [4.69, 9.17) is 4.74 Å². The first-order chi connectivity index (χ1) is 15.5. The van der Waals surface area contributed by atoms with Crippen LogP contribution in [0.5, 0.6) is 0 Å². The third-order valence-corrected chi connectivity index (χ3v) is 5.60. The van der Waals surface area contributed by atoms with Gasteiger partial charge in [-0.05, 0) is 29.8 Å². The van der Waals surface area contributed by atoms with Crippen molar-refractivity contribution in [1.82, 2.24) is 14.8 Å². The molecule has 0 bridgehead atoms. The van der Waals surface area contributed by atoms with E-state index in [2.05, 4.69) is 9.88 Å². The highest BCUT2D eigenvalue weighted by Gasteiger charge is 2.42. The molecule has 0 N–H and O–H groups in total. The molecule has 32 heavy (non-hydrogen) atoms. The van der Waals surface area contributed by atoms with Gasteiger partial charge in [-0.1, -0.05) is 6.07 Å². The molecule has 4 rings (SSSR count). The normalized spacial score (nSPS) is 16.8. The molecule has 0 aliphatic carbocycles. The molecule has 10 heteroatoms. The van der Waals surface area contributed by atoms with Crippen molar-refractivity contribution in [1.29, 1.82) is 0 Å². The Morgan fingerprint density at radius 3 is 2.28 bits per heavy atom. The first-order valence-corrected chi connectivity index (χ1v) is 10.3. The van der Waals surface area contributed by atoms with Crippen LogP contribution in [0.4, 0.5) is 11.5 Å². The molecule has 2 aliphatic rings. The summed E-state index contributed by atoms with van der Waals surface area (Å²) in [5.41, 5.74) is 1.01. The molecule has 1 aromatic heterocycles. The predicted molar refractivity (Wildman–Crippen MR) is 117 cm³/mol.